The summed E-state index contributed by atoms with van der Waals surface area (Å²) in [7, 11) is -3.80. The van der Waals surface area contributed by atoms with Crippen molar-refractivity contribution in [2.75, 3.05) is 0 Å². The fraction of sp³-hybridized carbons (Fsp3) is 0.471. The number of ether oxygens (including phenoxy) is 1. The Kier molecular flexibility index (Phi) is 4.07. The van der Waals surface area contributed by atoms with E-state index in [0.717, 1.165) is 13.0 Å². The van der Waals surface area contributed by atoms with Crippen LogP contribution in [-0.4, -0.2) is 29.2 Å². The fourth-order valence-electron chi connectivity index (χ4n) is 3.24. The van der Waals surface area contributed by atoms with Crippen molar-refractivity contribution < 1.29 is 17.9 Å². The molecule has 1 aromatic carbocycles. The molecule has 0 amide bonds. The number of sulfonamides is 1. The number of hydrogen-bond acceptors (Lipinski definition) is 6. The number of benzene rings is 1. The Bertz CT molecular complexity index is 981. The Morgan fingerprint density at radius 3 is 2.92 bits per heavy atom. The lowest BCUT2D eigenvalue weighted by molar-refractivity contribution is 0.0535. The molecule has 0 unspecified atom stereocenters. The molecule has 1 atom stereocenters. The van der Waals surface area contributed by atoms with Crippen LogP contribution < -0.4 is 4.72 Å². The number of carbonyl (C=O) groups is 1. The molecule has 0 fully saturated rings. The van der Waals surface area contributed by atoms with Crippen LogP contribution >= 0.6 is 0 Å². The summed E-state index contributed by atoms with van der Waals surface area (Å²) in [6, 6.07) is 4.06. The van der Waals surface area contributed by atoms with Crippen LogP contribution in [0.15, 0.2) is 23.1 Å². The van der Waals surface area contributed by atoms with Crippen LogP contribution in [-0.2, 0) is 27.9 Å². The number of esters is 1. The van der Waals surface area contributed by atoms with Gasteiger partial charge in [-0.25, -0.2) is 27.6 Å². The average molecular weight is 376 g/mol. The van der Waals surface area contributed by atoms with Crippen LogP contribution in [0.4, 0.5) is 0 Å². The van der Waals surface area contributed by atoms with Crippen molar-refractivity contribution in [1.29, 1.82) is 0 Å². The first-order valence-electron chi connectivity index (χ1n) is 8.62. The van der Waals surface area contributed by atoms with Crippen molar-refractivity contribution >= 4 is 16.0 Å². The topological polar surface area (TPSA) is 103 Å². The van der Waals surface area contributed by atoms with Gasteiger partial charge in [-0.1, -0.05) is 19.9 Å². The standard InChI is InChI=1S/C17H20N4O4S/c1-10(2)15-18-16-14(4-3-7-21(16)19-15)20-26(23,24)12-6-5-11-9-25-17(22)13(11)8-12/h5-6,8,10,14,20H,3-4,7,9H2,1-2H3/t14-/m0/s1. The minimum absolute atomic E-state index is 0.0517. The number of cyclic esters (lactones) is 1. The highest BCUT2D eigenvalue weighted by Gasteiger charge is 2.31. The van der Waals surface area contributed by atoms with Crippen molar-refractivity contribution in [2.24, 2.45) is 0 Å². The maximum atomic E-state index is 12.8. The van der Waals surface area contributed by atoms with Gasteiger partial charge in [-0.15, -0.1) is 0 Å². The first-order valence-corrected chi connectivity index (χ1v) is 10.1. The van der Waals surface area contributed by atoms with Gasteiger partial charge in [0.05, 0.1) is 16.5 Å². The van der Waals surface area contributed by atoms with Gasteiger partial charge < -0.3 is 4.74 Å². The van der Waals surface area contributed by atoms with Crippen molar-refractivity contribution in [3.8, 4) is 0 Å². The van der Waals surface area contributed by atoms with Gasteiger partial charge in [0.2, 0.25) is 10.0 Å². The van der Waals surface area contributed by atoms with Crippen molar-refractivity contribution in [1.82, 2.24) is 19.5 Å². The monoisotopic (exact) mass is 376 g/mol. The molecule has 0 aliphatic carbocycles. The van der Waals surface area contributed by atoms with Crippen LogP contribution in [0.5, 0.6) is 0 Å². The number of nitrogens with zero attached hydrogens (tertiary/aromatic N) is 3. The molecule has 3 heterocycles. The van der Waals surface area contributed by atoms with Crippen molar-refractivity contribution in [2.45, 2.75) is 56.7 Å². The Morgan fingerprint density at radius 2 is 2.15 bits per heavy atom. The molecule has 8 nitrogen and oxygen atoms in total. The second-order valence-corrected chi connectivity index (χ2v) is 8.63. The molecular formula is C17H20N4O4S. The molecule has 2 aromatic rings. The Labute approximate surface area is 151 Å². The lowest BCUT2D eigenvalue weighted by Crippen LogP contribution is -2.33. The number of aromatic nitrogens is 3. The summed E-state index contributed by atoms with van der Waals surface area (Å²) in [5.41, 5.74) is 1.01. The van der Waals surface area contributed by atoms with Crippen molar-refractivity contribution in [3.05, 3.63) is 41.0 Å². The quantitative estimate of drug-likeness (QED) is 0.817. The fourth-order valence-corrected chi connectivity index (χ4v) is 4.49. The summed E-state index contributed by atoms with van der Waals surface area (Å²) in [4.78, 5) is 16.3. The molecule has 0 spiro atoms. The molecule has 2 aliphatic heterocycles. The summed E-state index contributed by atoms with van der Waals surface area (Å²) in [5.74, 6) is 1.04. The van der Waals surface area contributed by atoms with Gasteiger partial charge in [0.25, 0.3) is 0 Å². The highest BCUT2D eigenvalue weighted by atomic mass is 32.2. The minimum atomic E-state index is -3.80. The zero-order chi connectivity index (χ0) is 18.5. The third-order valence-electron chi connectivity index (χ3n) is 4.68. The summed E-state index contributed by atoms with van der Waals surface area (Å²) in [6.45, 7) is 4.93. The third-order valence-corrected chi connectivity index (χ3v) is 6.14. The number of nitrogens with one attached hydrogen (secondary N) is 1. The van der Waals surface area contributed by atoms with Crippen LogP contribution in [0.25, 0.3) is 0 Å². The molecule has 138 valence electrons. The largest absolute Gasteiger partial charge is 0.457 e. The van der Waals surface area contributed by atoms with Gasteiger partial charge in [-0.05, 0) is 25.0 Å². The number of carbonyl (C=O) groups excluding carboxylic acids is 1. The van der Waals surface area contributed by atoms with Crippen LogP contribution in [0, 0.1) is 0 Å². The Hall–Kier alpha value is -2.26. The van der Waals surface area contributed by atoms with E-state index in [1.165, 1.54) is 12.1 Å². The van der Waals surface area contributed by atoms with Gasteiger partial charge in [0.1, 0.15) is 12.4 Å². The molecule has 4 rings (SSSR count). The molecule has 0 bridgehead atoms. The summed E-state index contributed by atoms with van der Waals surface area (Å²) in [6.07, 6.45) is 1.47. The van der Waals surface area contributed by atoms with E-state index >= 15 is 0 Å². The van der Waals surface area contributed by atoms with Crippen molar-refractivity contribution in [3.63, 3.8) is 0 Å². The lowest BCUT2D eigenvalue weighted by Gasteiger charge is -2.23. The second-order valence-electron chi connectivity index (χ2n) is 6.92. The predicted molar refractivity (Wildman–Crippen MR) is 92.0 cm³/mol. The first kappa shape index (κ1) is 17.2. The maximum Gasteiger partial charge on any atom is 0.338 e. The van der Waals surface area contributed by atoms with E-state index in [4.69, 9.17) is 4.74 Å². The molecule has 1 N–H and O–H groups in total. The number of fused-ring (bicyclic) bond motifs is 2. The Balaban J connectivity index is 1.64. The third kappa shape index (κ3) is 2.90. The smallest absolute Gasteiger partial charge is 0.338 e. The van der Waals surface area contributed by atoms with E-state index in [2.05, 4.69) is 14.8 Å². The molecule has 2 aliphatic rings. The van der Waals surface area contributed by atoms with E-state index in [9.17, 15) is 13.2 Å². The van der Waals surface area contributed by atoms with E-state index in [0.29, 0.717) is 29.2 Å². The molecular weight excluding hydrogens is 356 g/mol. The maximum absolute atomic E-state index is 12.8. The van der Waals surface area contributed by atoms with Gasteiger partial charge in [0, 0.05) is 18.0 Å². The van der Waals surface area contributed by atoms with E-state index in [1.54, 1.807) is 10.7 Å². The number of aryl methyl sites for hydroxylation is 1. The van der Waals surface area contributed by atoms with E-state index < -0.39 is 22.0 Å². The SMILES string of the molecule is CC(C)c1nc2n(n1)CCC[C@@H]2NS(=O)(=O)c1ccc2c(c1)C(=O)OC2. The molecule has 0 saturated heterocycles. The summed E-state index contributed by atoms with van der Waals surface area (Å²) >= 11 is 0. The predicted octanol–water partition coefficient (Wildman–Crippen LogP) is 1.89. The molecule has 1 aromatic heterocycles. The normalized spacial score (nSPS) is 19.3. The summed E-state index contributed by atoms with van der Waals surface area (Å²) in [5, 5.41) is 4.47. The zero-order valence-electron chi connectivity index (χ0n) is 14.6. The molecule has 9 heteroatoms. The van der Waals surface area contributed by atoms with Gasteiger partial charge >= 0.3 is 5.97 Å². The summed E-state index contributed by atoms with van der Waals surface area (Å²) < 4.78 is 35.1. The molecule has 0 radical (unpaired) electrons. The highest BCUT2D eigenvalue weighted by molar-refractivity contribution is 7.89. The van der Waals surface area contributed by atoms with E-state index in [1.807, 2.05) is 13.8 Å². The molecule has 26 heavy (non-hydrogen) atoms. The highest BCUT2D eigenvalue weighted by Crippen LogP contribution is 2.28. The zero-order valence-corrected chi connectivity index (χ0v) is 15.4. The lowest BCUT2D eigenvalue weighted by atomic mass is 10.1. The molecule has 0 saturated carbocycles. The van der Waals surface area contributed by atoms with Crippen LogP contribution in [0.3, 0.4) is 0 Å². The van der Waals surface area contributed by atoms with Gasteiger partial charge in [-0.3, -0.25) is 0 Å². The minimum Gasteiger partial charge on any atom is -0.457 e. The average Bonchev–Trinajstić information content (AvgIpc) is 3.19. The number of hydrogen-bond donors (Lipinski definition) is 1. The van der Waals surface area contributed by atoms with E-state index in [-0.39, 0.29) is 17.4 Å². The first-order chi connectivity index (χ1) is 12.3. The second kappa shape index (κ2) is 6.17. The van der Waals surface area contributed by atoms with Gasteiger partial charge in [0.15, 0.2) is 5.82 Å². The number of rotatable bonds is 4. The van der Waals surface area contributed by atoms with Gasteiger partial charge in [-0.2, -0.15) is 5.10 Å². The Morgan fingerprint density at radius 1 is 1.35 bits per heavy atom. The van der Waals surface area contributed by atoms with Crippen LogP contribution in [0.2, 0.25) is 0 Å². The van der Waals surface area contributed by atoms with Crippen LogP contribution in [0.1, 0.15) is 66.2 Å².